The number of rotatable bonds is 4. The van der Waals surface area contributed by atoms with E-state index >= 15 is 0 Å². The Kier molecular flexibility index (Phi) is 8.97. The molecule has 2 N–H and O–H groups in total. The largest absolute Gasteiger partial charge is 0.387 e. The van der Waals surface area contributed by atoms with Crippen molar-refractivity contribution in [3.63, 3.8) is 0 Å². The lowest BCUT2D eigenvalue weighted by Gasteiger charge is -2.49. The van der Waals surface area contributed by atoms with Gasteiger partial charge in [0.2, 0.25) is 0 Å². The third-order valence-electron chi connectivity index (χ3n) is 10.3. The van der Waals surface area contributed by atoms with Crippen molar-refractivity contribution in [1.82, 2.24) is 0 Å². The number of alkyl halides is 2. The Morgan fingerprint density at radius 1 is 0.711 bits per heavy atom. The Labute approximate surface area is 247 Å². The van der Waals surface area contributed by atoms with Gasteiger partial charge >= 0.3 is 0 Å². The second-order valence-electron chi connectivity index (χ2n) is 14.6. The van der Waals surface area contributed by atoms with E-state index in [0.29, 0.717) is 24.1 Å². The molecule has 4 aliphatic rings. The van der Waals surface area contributed by atoms with Crippen molar-refractivity contribution < 1.29 is 29.2 Å². The average molecular weight is 669 g/mol. The van der Waals surface area contributed by atoms with Crippen LogP contribution in [-0.2, 0) is 18.9 Å². The predicted molar refractivity (Wildman–Crippen MR) is 157 cm³/mol. The maximum absolute atomic E-state index is 11.7. The van der Waals surface area contributed by atoms with Crippen LogP contribution in [-0.4, -0.2) is 77.9 Å². The summed E-state index contributed by atoms with van der Waals surface area (Å²) >= 11 is 7.60. The zero-order valence-corrected chi connectivity index (χ0v) is 28.0. The summed E-state index contributed by atoms with van der Waals surface area (Å²) in [4.78, 5) is 0.464. The Morgan fingerprint density at radius 2 is 1.24 bits per heavy atom. The zero-order chi connectivity index (χ0) is 28.4. The highest BCUT2D eigenvalue weighted by Crippen LogP contribution is 2.49. The molecule has 0 aromatic heterocycles. The number of fused-ring (bicyclic) bond motifs is 2. The van der Waals surface area contributed by atoms with Crippen LogP contribution in [0.25, 0.3) is 0 Å². The molecule has 38 heavy (non-hydrogen) atoms. The van der Waals surface area contributed by atoms with Crippen LogP contribution in [0.4, 0.5) is 0 Å². The van der Waals surface area contributed by atoms with E-state index in [1.54, 1.807) is 0 Å². The first-order chi connectivity index (χ1) is 17.3. The zero-order valence-electron chi connectivity index (χ0n) is 24.8. The fourth-order valence-corrected chi connectivity index (χ4v) is 7.76. The molecule has 0 spiro atoms. The number of aliphatic hydroxyl groups is 2. The molecule has 0 amide bonds. The fraction of sp³-hybridized carbons (Fsp3) is 1.00. The van der Waals surface area contributed by atoms with Crippen LogP contribution in [0.15, 0.2) is 0 Å². The molecule has 0 bridgehead atoms. The van der Waals surface area contributed by atoms with Crippen LogP contribution in [0.1, 0.15) is 120 Å². The van der Waals surface area contributed by atoms with Gasteiger partial charge in [-0.15, -0.1) is 0 Å². The van der Waals surface area contributed by atoms with Crippen LogP contribution < -0.4 is 0 Å². The SMILES string of the molecule is CC1(C)O[C@@H](CC[C@@](C)(O)[C@@H]2CC[C@H]3O[C@@]4(C)CC[C@H](Br)C(C)(C)O[C@@H]4CC[C@]3(C)O2)[C@@](C)(O)CC[C@H]1Br. The number of ether oxygens (including phenoxy) is 4. The molecule has 6 nitrogen and oxygen atoms in total. The molecular weight excluding hydrogens is 616 g/mol. The van der Waals surface area contributed by atoms with Crippen molar-refractivity contribution in [3.8, 4) is 0 Å². The molecule has 8 heteroatoms. The molecule has 4 aliphatic heterocycles. The molecule has 10 atom stereocenters. The first kappa shape index (κ1) is 31.7. The fourth-order valence-electron chi connectivity index (χ4n) is 7.09. The minimum Gasteiger partial charge on any atom is -0.387 e. The van der Waals surface area contributed by atoms with Crippen LogP contribution in [0.2, 0.25) is 0 Å². The molecule has 0 saturated carbocycles. The number of hydrogen-bond donors (Lipinski definition) is 2. The van der Waals surface area contributed by atoms with Gasteiger partial charge in [0, 0.05) is 9.65 Å². The van der Waals surface area contributed by atoms with Crippen molar-refractivity contribution in [2.24, 2.45) is 0 Å². The topological polar surface area (TPSA) is 77.4 Å². The van der Waals surface area contributed by atoms with Gasteiger partial charge < -0.3 is 29.2 Å². The highest BCUT2D eigenvalue weighted by Gasteiger charge is 2.55. The van der Waals surface area contributed by atoms with Crippen LogP contribution in [0.3, 0.4) is 0 Å². The standard InChI is InChI=1S/C30H52Br2O6/c1-25(2)19(31)11-15-27(5,33)22(35-25)13-16-28(6,34)21-9-10-23-30(8,37-21)18-14-24-29(7,38-23)17-12-20(32)26(3,4)36-24/h19-24,33-34H,9-18H2,1-8H3/t19-,20+,21+,22+,23-,24-,27+,28-,29+,30+/m1/s1. The Hall–Kier alpha value is 0.720. The van der Waals surface area contributed by atoms with Crippen LogP contribution in [0.5, 0.6) is 0 Å². The Morgan fingerprint density at radius 3 is 1.89 bits per heavy atom. The van der Waals surface area contributed by atoms with Crippen molar-refractivity contribution >= 4 is 31.9 Å². The van der Waals surface area contributed by atoms with Gasteiger partial charge in [0.25, 0.3) is 0 Å². The van der Waals surface area contributed by atoms with E-state index in [1.165, 1.54) is 0 Å². The van der Waals surface area contributed by atoms with Crippen molar-refractivity contribution in [1.29, 1.82) is 0 Å². The molecule has 4 heterocycles. The van der Waals surface area contributed by atoms with Crippen molar-refractivity contribution in [2.45, 2.75) is 187 Å². The van der Waals surface area contributed by atoms with E-state index in [9.17, 15) is 10.2 Å². The molecular formula is C30H52Br2O6. The highest BCUT2D eigenvalue weighted by molar-refractivity contribution is 9.09. The van der Waals surface area contributed by atoms with Gasteiger partial charge in [-0.1, -0.05) is 31.9 Å². The summed E-state index contributed by atoms with van der Waals surface area (Å²) in [6.45, 7) is 16.6. The number of halogens is 2. The van der Waals surface area contributed by atoms with Gasteiger partial charge in [0.15, 0.2) is 0 Å². The van der Waals surface area contributed by atoms with Gasteiger partial charge in [-0.25, -0.2) is 0 Å². The summed E-state index contributed by atoms with van der Waals surface area (Å²) in [7, 11) is 0. The third kappa shape index (κ3) is 6.38. The maximum atomic E-state index is 11.7. The molecule has 0 aliphatic carbocycles. The smallest absolute Gasteiger partial charge is 0.0921 e. The van der Waals surface area contributed by atoms with Crippen LogP contribution >= 0.6 is 31.9 Å². The molecule has 0 aromatic rings. The van der Waals surface area contributed by atoms with Gasteiger partial charge in [-0.05, 0) is 120 Å². The highest BCUT2D eigenvalue weighted by atomic mass is 79.9. The van der Waals surface area contributed by atoms with Gasteiger partial charge in [-0.2, -0.15) is 0 Å². The molecule has 4 rings (SSSR count). The van der Waals surface area contributed by atoms with Gasteiger partial charge in [0.05, 0.1) is 58.0 Å². The summed E-state index contributed by atoms with van der Waals surface area (Å²) in [5, 5.41) is 22.9. The van der Waals surface area contributed by atoms with Gasteiger partial charge in [-0.3, -0.25) is 0 Å². The summed E-state index contributed by atoms with van der Waals surface area (Å²) in [5.41, 5.74) is -3.49. The van der Waals surface area contributed by atoms with Crippen molar-refractivity contribution in [3.05, 3.63) is 0 Å². The third-order valence-corrected chi connectivity index (χ3v) is 13.4. The maximum Gasteiger partial charge on any atom is 0.0921 e. The first-order valence-corrected chi connectivity index (χ1v) is 16.6. The first-order valence-electron chi connectivity index (χ1n) is 14.7. The molecule has 0 unspecified atom stereocenters. The lowest BCUT2D eigenvalue weighted by molar-refractivity contribution is -0.261. The lowest BCUT2D eigenvalue weighted by atomic mass is 9.79. The van der Waals surface area contributed by atoms with E-state index in [-0.39, 0.29) is 40.4 Å². The minimum absolute atomic E-state index is 0.00117. The predicted octanol–water partition coefficient (Wildman–Crippen LogP) is 6.59. The summed E-state index contributed by atoms with van der Waals surface area (Å²) in [5.74, 6) is 0. The lowest BCUT2D eigenvalue weighted by Crippen LogP contribution is -2.57. The summed E-state index contributed by atoms with van der Waals surface area (Å²) < 4.78 is 26.8. The summed E-state index contributed by atoms with van der Waals surface area (Å²) in [6.07, 6.45) is 7.08. The van der Waals surface area contributed by atoms with Crippen molar-refractivity contribution in [2.75, 3.05) is 0 Å². The van der Waals surface area contributed by atoms with E-state index in [0.717, 1.165) is 44.9 Å². The Balaban J connectivity index is 1.44. The van der Waals surface area contributed by atoms with E-state index in [1.807, 2.05) is 13.8 Å². The Bertz CT molecular complexity index is 847. The monoisotopic (exact) mass is 666 g/mol. The molecule has 0 radical (unpaired) electrons. The van der Waals surface area contributed by atoms with Crippen LogP contribution in [0, 0.1) is 0 Å². The number of hydrogen-bond acceptors (Lipinski definition) is 6. The quantitative estimate of drug-likeness (QED) is 0.330. The second kappa shape index (κ2) is 10.8. The van der Waals surface area contributed by atoms with E-state index in [2.05, 4.69) is 73.4 Å². The molecule has 222 valence electrons. The minimum atomic E-state index is -1.04. The molecule has 4 fully saturated rings. The summed E-state index contributed by atoms with van der Waals surface area (Å²) in [6, 6.07) is 0. The normalized spacial score (nSPS) is 48.9. The second-order valence-corrected chi connectivity index (χ2v) is 16.9. The van der Waals surface area contributed by atoms with E-state index < -0.39 is 22.4 Å². The van der Waals surface area contributed by atoms with E-state index in [4.69, 9.17) is 18.9 Å². The van der Waals surface area contributed by atoms with Gasteiger partial charge in [0.1, 0.15) is 0 Å². The molecule has 4 saturated heterocycles. The molecule has 0 aromatic carbocycles. The average Bonchev–Trinajstić information content (AvgIpc) is 3.01.